The number of imidazole rings is 1. The molecule has 0 saturated carbocycles. The second-order valence-corrected chi connectivity index (χ2v) is 7.56. The molecule has 160 valence electrons. The van der Waals surface area contributed by atoms with Gasteiger partial charge in [-0.05, 0) is 12.1 Å². The maximum Gasteiger partial charge on any atom is 0.512 e. The Morgan fingerprint density at radius 2 is 1.97 bits per heavy atom. The van der Waals surface area contributed by atoms with Gasteiger partial charge in [0.05, 0.1) is 34.6 Å². The third-order valence-electron chi connectivity index (χ3n) is 3.61. The van der Waals surface area contributed by atoms with Crippen LogP contribution in [-0.4, -0.2) is 45.1 Å². The van der Waals surface area contributed by atoms with E-state index in [1.165, 1.54) is 0 Å². The number of H-pyrrole nitrogens is 1. The zero-order valence-electron chi connectivity index (χ0n) is 14.6. The molecule has 0 radical (unpaired) electrons. The number of carboxylic acid groups (broad SMARTS) is 1. The van der Waals surface area contributed by atoms with Crippen LogP contribution in [0.2, 0.25) is 0 Å². The van der Waals surface area contributed by atoms with Crippen molar-refractivity contribution >= 4 is 27.1 Å². The molecule has 3 rings (SSSR count). The first-order valence-corrected chi connectivity index (χ1v) is 9.48. The quantitative estimate of drug-likeness (QED) is 0.483. The van der Waals surface area contributed by atoms with E-state index in [2.05, 4.69) is 9.72 Å². The van der Waals surface area contributed by atoms with Gasteiger partial charge in [0.2, 0.25) is 15.9 Å². The Labute approximate surface area is 163 Å². The summed E-state index contributed by atoms with van der Waals surface area (Å²) in [6.07, 6.45) is -4.39. The van der Waals surface area contributed by atoms with Gasteiger partial charge >= 0.3 is 18.0 Å². The zero-order valence-corrected chi connectivity index (χ0v) is 15.4. The largest absolute Gasteiger partial charge is 0.512 e. The lowest BCUT2D eigenvalue weighted by atomic mass is 10.1. The molecule has 12 nitrogen and oxygen atoms in total. The third kappa shape index (κ3) is 4.12. The van der Waals surface area contributed by atoms with Crippen LogP contribution in [0.1, 0.15) is 5.56 Å². The number of sulfonamides is 1. The van der Waals surface area contributed by atoms with E-state index in [-0.39, 0.29) is 4.68 Å². The second-order valence-electron chi connectivity index (χ2n) is 5.83. The minimum Gasteiger partial charge on any atom is -0.449 e. The summed E-state index contributed by atoms with van der Waals surface area (Å²) in [5.74, 6) is -0.534. The van der Waals surface area contributed by atoms with Crippen LogP contribution in [0, 0.1) is 0 Å². The Kier molecular flexibility index (Phi) is 4.81. The van der Waals surface area contributed by atoms with E-state index in [1.807, 2.05) is 4.98 Å². The van der Waals surface area contributed by atoms with Crippen LogP contribution < -0.4 is 20.8 Å². The number of hydrogen-bond acceptors (Lipinski definition) is 7. The van der Waals surface area contributed by atoms with Crippen molar-refractivity contribution in [3.05, 3.63) is 51.1 Å². The molecule has 2 heterocycles. The van der Waals surface area contributed by atoms with Crippen LogP contribution in [0.25, 0.3) is 16.6 Å². The maximum absolute atomic E-state index is 13.6. The number of hydrogen-bond donors (Lipinski definition) is 3. The number of halogens is 3. The fourth-order valence-electron chi connectivity index (χ4n) is 2.52. The molecule has 0 fully saturated rings. The molecule has 16 heteroatoms. The summed E-state index contributed by atoms with van der Waals surface area (Å²) in [5, 5.41) is 8.10. The van der Waals surface area contributed by atoms with Crippen LogP contribution in [0.15, 0.2) is 34.2 Å². The van der Waals surface area contributed by atoms with E-state index in [1.54, 1.807) is 4.83 Å². The van der Waals surface area contributed by atoms with Crippen LogP contribution >= 0.6 is 0 Å². The number of carbonyl (C=O) groups is 1. The van der Waals surface area contributed by atoms with Gasteiger partial charge in [-0.1, -0.05) is 0 Å². The molecule has 0 aliphatic heterocycles. The lowest BCUT2D eigenvalue weighted by Gasteiger charge is -2.15. The molecular formula is C14H10F3N5O7S. The number of nitrogens with zero attached hydrogens (tertiary/aromatic N) is 3. The van der Waals surface area contributed by atoms with E-state index in [4.69, 9.17) is 5.11 Å². The molecule has 1 aromatic carbocycles. The van der Waals surface area contributed by atoms with Crippen molar-refractivity contribution in [3.8, 4) is 11.6 Å². The van der Waals surface area contributed by atoms with E-state index in [0.29, 0.717) is 12.3 Å². The molecule has 0 saturated heterocycles. The average molecular weight is 449 g/mol. The summed E-state index contributed by atoms with van der Waals surface area (Å²) < 4.78 is 68.5. The first kappa shape index (κ1) is 20.9. The van der Waals surface area contributed by atoms with Crippen molar-refractivity contribution in [2.24, 2.45) is 0 Å². The fraction of sp³-hybridized carbons (Fsp3) is 0.143. The maximum atomic E-state index is 13.6. The van der Waals surface area contributed by atoms with Crippen LogP contribution in [-0.2, 0) is 16.2 Å². The summed E-state index contributed by atoms with van der Waals surface area (Å²) in [7, 11) is -4.07. The molecule has 0 unspecified atom stereocenters. The highest BCUT2D eigenvalue weighted by molar-refractivity contribution is 7.91. The number of aromatic amines is 1. The van der Waals surface area contributed by atoms with Crippen molar-refractivity contribution < 1.29 is 36.2 Å². The third-order valence-corrected chi connectivity index (χ3v) is 4.12. The smallest absolute Gasteiger partial charge is 0.449 e. The number of nitrogens with one attached hydrogen (secondary N) is 2. The highest BCUT2D eigenvalue weighted by Gasteiger charge is 2.35. The summed E-state index contributed by atoms with van der Waals surface area (Å²) in [5.41, 5.74) is -5.00. The van der Waals surface area contributed by atoms with Crippen LogP contribution in [0.5, 0.6) is 5.88 Å². The Morgan fingerprint density at radius 1 is 1.30 bits per heavy atom. The minimum atomic E-state index is -4.95. The minimum absolute atomic E-state index is 0.0849. The van der Waals surface area contributed by atoms with E-state index in [9.17, 15) is 36.0 Å². The fourth-order valence-corrected chi connectivity index (χ4v) is 3.02. The SMILES string of the molecule is CS(=O)(=O)Nn1c(=O)[nH]c2cc(C(F)(F)F)c(-n3cnc(OC(=O)O)c3)cc2c1=O. The normalized spacial score (nSPS) is 12.1. The summed E-state index contributed by atoms with van der Waals surface area (Å²) in [6.45, 7) is 0. The molecule has 0 amide bonds. The monoisotopic (exact) mass is 449 g/mol. The predicted octanol–water partition coefficient (Wildman–Crippen LogP) is 0.454. The van der Waals surface area contributed by atoms with Crippen molar-refractivity contribution in [1.82, 2.24) is 19.2 Å². The summed E-state index contributed by atoms with van der Waals surface area (Å²) in [4.78, 5) is 42.2. The Balaban J connectivity index is 2.32. The van der Waals surface area contributed by atoms with Crippen molar-refractivity contribution in [2.75, 3.05) is 11.1 Å². The van der Waals surface area contributed by atoms with Gasteiger partial charge < -0.3 is 19.4 Å². The number of alkyl halides is 3. The topological polar surface area (TPSA) is 165 Å². The Hall–Kier alpha value is -3.82. The molecule has 30 heavy (non-hydrogen) atoms. The standard InChI is InChI=1S/C14H10F3N5O7S/c1-30(27,28)20-22-11(23)6-2-9(21-4-10(18-5-21)29-13(25)26)7(14(15,16)17)3-8(6)19-12(22)24/h2-5,20H,1H3,(H,19,24)(H,25,26). The molecular weight excluding hydrogens is 439 g/mol. The molecule has 0 aliphatic rings. The van der Waals surface area contributed by atoms with Gasteiger partial charge in [-0.3, -0.25) is 4.79 Å². The number of aromatic nitrogens is 4. The molecule has 0 spiro atoms. The van der Waals surface area contributed by atoms with Gasteiger partial charge in [-0.2, -0.15) is 17.8 Å². The van der Waals surface area contributed by atoms with Gasteiger partial charge in [0, 0.05) is 0 Å². The van der Waals surface area contributed by atoms with Gasteiger partial charge in [0.15, 0.2) is 0 Å². The predicted molar refractivity (Wildman–Crippen MR) is 93.8 cm³/mol. The summed E-state index contributed by atoms with van der Waals surface area (Å²) in [6, 6.07) is 1.22. The second kappa shape index (κ2) is 6.90. The van der Waals surface area contributed by atoms with Gasteiger partial charge in [0.25, 0.3) is 5.56 Å². The average Bonchev–Trinajstić information content (AvgIpc) is 3.03. The van der Waals surface area contributed by atoms with Gasteiger partial charge in [0.1, 0.15) is 6.33 Å². The molecule has 2 aromatic heterocycles. The molecule has 3 N–H and O–H groups in total. The van der Waals surface area contributed by atoms with E-state index >= 15 is 0 Å². The Morgan fingerprint density at radius 3 is 2.53 bits per heavy atom. The van der Waals surface area contributed by atoms with Crippen molar-refractivity contribution in [3.63, 3.8) is 0 Å². The highest BCUT2D eigenvalue weighted by atomic mass is 32.2. The number of fused-ring (bicyclic) bond motifs is 1. The molecule has 0 atom stereocenters. The van der Waals surface area contributed by atoms with E-state index < -0.39 is 61.6 Å². The molecule has 0 bridgehead atoms. The van der Waals surface area contributed by atoms with E-state index in [0.717, 1.165) is 23.2 Å². The molecule has 0 aliphatic carbocycles. The summed E-state index contributed by atoms with van der Waals surface area (Å²) >= 11 is 0. The number of rotatable bonds is 4. The van der Waals surface area contributed by atoms with Crippen molar-refractivity contribution in [2.45, 2.75) is 6.18 Å². The first-order chi connectivity index (χ1) is 13.8. The van der Waals surface area contributed by atoms with Crippen LogP contribution in [0.3, 0.4) is 0 Å². The number of benzene rings is 1. The zero-order chi connectivity index (χ0) is 22.4. The van der Waals surface area contributed by atoms with Gasteiger partial charge in [-0.15, -0.1) is 0 Å². The van der Waals surface area contributed by atoms with Crippen molar-refractivity contribution in [1.29, 1.82) is 0 Å². The number of ether oxygens (including phenoxy) is 1. The Bertz CT molecular complexity index is 1390. The molecule has 3 aromatic rings. The van der Waals surface area contributed by atoms with Gasteiger partial charge in [-0.25, -0.2) is 27.8 Å². The highest BCUT2D eigenvalue weighted by Crippen LogP contribution is 2.35. The first-order valence-electron chi connectivity index (χ1n) is 7.59. The van der Waals surface area contributed by atoms with Crippen LogP contribution in [0.4, 0.5) is 18.0 Å². The lowest BCUT2D eigenvalue weighted by molar-refractivity contribution is -0.137. The lowest BCUT2D eigenvalue weighted by Crippen LogP contribution is -2.43.